The van der Waals surface area contributed by atoms with Crippen LogP contribution in [0.25, 0.3) is 0 Å². The average molecular weight is 378 g/mol. The summed E-state index contributed by atoms with van der Waals surface area (Å²) in [5.41, 5.74) is 2.69. The van der Waals surface area contributed by atoms with Gasteiger partial charge >= 0.3 is 0 Å². The molecule has 2 aromatic carbocycles. The van der Waals surface area contributed by atoms with E-state index in [-0.39, 0.29) is 5.91 Å². The zero-order valence-corrected chi connectivity index (χ0v) is 16.3. The maximum absolute atomic E-state index is 13.1. The molecule has 27 heavy (non-hydrogen) atoms. The van der Waals surface area contributed by atoms with E-state index < -0.39 is 0 Å². The number of nitrogens with one attached hydrogen (secondary N) is 1. The van der Waals surface area contributed by atoms with Gasteiger partial charge in [-0.3, -0.25) is 9.69 Å². The predicted octanol–water partition coefficient (Wildman–Crippen LogP) is 4.27. The highest BCUT2D eigenvalue weighted by Gasteiger charge is 2.28. The Labute approximate surface area is 164 Å². The fourth-order valence-electron chi connectivity index (χ4n) is 3.39. The molecule has 0 aromatic heterocycles. The maximum Gasteiger partial charge on any atom is 0.260 e. The van der Waals surface area contributed by atoms with E-state index in [1.165, 1.54) is 0 Å². The number of hydrogen-bond acceptors (Lipinski definition) is 4. The fraction of sp³-hybridized carbons (Fsp3) is 0.318. The van der Waals surface area contributed by atoms with Gasteiger partial charge in [-0.25, -0.2) is 0 Å². The summed E-state index contributed by atoms with van der Waals surface area (Å²) in [5, 5.41) is 3.58. The molecule has 0 bridgehead atoms. The summed E-state index contributed by atoms with van der Waals surface area (Å²) in [5.74, 6) is 6.42. The first-order chi connectivity index (χ1) is 13.2. The van der Waals surface area contributed by atoms with Crippen molar-refractivity contribution in [1.82, 2.24) is 0 Å². The molecule has 0 radical (unpaired) electrons. The van der Waals surface area contributed by atoms with E-state index in [2.05, 4.69) is 30.1 Å². The summed E-state index contributed by atoms with van der Waals surface area (Å²) in [6.07, 6.45) is 0. The molecule has 5 heteroatoms. The lowest BCUT2D eigenvalue weighted by molar-refractivity contribution is 0.0987. The quantitative estimate of drug-likeness (QED) is 0.810. The molecule has 2 unspecified atom stereocenters. The van der Waals surface area contributed by atoms with Crippen LogP contribution in [0.2, 0.25) is 0 Å². The number of carbonyl (C=O) groups excluding carboxylic acids is 1. The Kier molecular flexibility index (Phi) is 5.11. The Bertz CT molecular complexity index is 931. The van der Waals surface area contributed by atoms with Crippen LogP contribution in [0.1, 0.15) is 24.2 Å². The Morgan fingerprint density at radius 1 is 1.22 bits per heavy atom. The van der Waals surface area contributed by atoms with Gasteiger partial charge in [-0.15, -0.1) is 5.92 Å². The van der Waals surface area contributed by atoms with Crippen LogP contribution in [0.4, 0.5) is 11.4 Å². The molecule has 4 rings (SSSR count). The summed E-state index contributed by atoms with van der Waals surface area (Å²) in [6.45, 7) is 5.90. The van der Waals surface area contributed by atoms with Crippen molar-refractivity contribution < 1.29 is 9.53 Å². The standard InChI is InChI=1S/C22H22N2O2S/c1-3-4-11-24-19-10-9-16(23-18-14-26-13-15(18)2)12-21(19)27-20-8-6-5-7-17(20)22(24)25/h5-10,12,15,18,23H,11,13-14H2,1-2H3. The van der Waals surface area contributed by atoms with Crippen molar-refractivity contribution in [1.29, 1.82) is 0 Å². The van der Waals surface area contributed by atoms with Gasteiger partial charge in [0.1, 0.15) is 0 Å². The predicted molar refractivity (Wildman–Crippen MR) is 110 cm³/mol. The van der Waals surface area contributed by atoms with Crippen LogP contribution in [0.3, 0.4) is 0 Å². The van der Waals surface area contributed by atoms with Crippen molar-refractivity contribution in [2.24, 2.45) is 5.92 Å². The maximum atomic E-state index is 13.1. The lowest BCUT2D eigenvalue weighted by Crippen LogP contribution is -2.31. The molecule has 1 N–H and O–H groups in total. The van der Waals surface area contributed by atoms with Crippen molar-refractivity contribution in [2.45, 2.75) is 29.7 Å². The number of amides is 1. The van der Waals surface area contributed by atoms with E-state index in [1.54, 1.807) is 23.6 Å². The number of benzene rings is 2. The normalized spacial score (nSPS) is 21.0. The number of rotatable bonds is 3. The summed E-state index contributed by atoms with van der Waals surface area (Å²) in [6, 6.07) is 14.3. The van der Waals surface area contributed by atoms with E-state index in [4.69, 9.17) is 4.74 Å². The van der Waals surface area contributed by atoms with Gasteiger partial charge in [0.05, 0.1) is 37.1 Å². The molecule has 0 aliphatic carbocycles. The Balaban J connectivity index is 1.73. The van der Waals surface area contributed by atoms with Gasteiger partial charge in [-0.2, -0.15) is 0 Å². The molecule has 138 valence electrons. The second-order valence-corrected chi connectivity index (χ2v) is 7.95. The van der Waals surface area contributed by atoms with Crippen molar-refractivity contribution >= 4 is 29.0 Å². The smallest absolute Gasteiger partial charge is 0.260 e. The van der Waals surface area contributed by atoms with Gasteiger partial charge in [-0.1, -0.05) is 36.7 Å². The number of hydrogen-bond donors (Lipinski definition) is 1. The molecule has 1 fully saturated rings. The minimum absolute atomic E-state index is 0.00174. The van der Waals surface area contributed by atoms with Crippen LogP contribution < -0.4 is 10.2 Å². The van der Waals surface area contributed by atoms with Gasteiger partial charge in [0.15, 0.2) is 0 Å². The Morgan fingerprint density at radius 3 is 2.85 bits per heavy atom. The molecule has 0 spiro atoms. The minimum Gasteiger partial charge on any atom is -0.380 e. The summed E-state index contributed by atoms with van der Waals surface area (Å²) >= 11 is 1.64. The van der Waals surface area contributed by atoms with Crippen LogP contribution >= 0.6 is 11.8 Å². The van der Waals surface area contributed by atoms with Crippen LogP contribution in [0.15, 0.2) is 52.3 Å². The summed E-state index contributed by atoms with van der Waals surface area (Å²) in [4.78, 5) is 16.9. The molecule has 1 saturated heterocycles. The molecule has 4 nitrogen and oxygen atoms in total. The molecule has 2 atom stereocenters. The fourth-order valence-corrected chi connectivity index (χ4v) is 4.51. The van der Waals surface area contributed by atoms with Gasteiger partial charge in [-0.05, 0) is 37.3 Å². The van der Waals surface area contributed by atoms with Gasteiger partial charge in [0, 0.05) is 21.4 Å². The third-order valence-electron chi connectivity index (χ3n) is 4.96. The zero-order chi connectivity index (χ0) is 18.8. The van der Waals surface area contributed by atoms with E-state index >= 15 is 0 Å². The monoisotopic (exact) mass is 378 g/mol. The van der Waals surface area contributed by atoms with Crippen LogP contribution in [0.5, 0.6) is 0 Å². The van der Waals surface area contributed by atoms with Crippen LogP contribution in [0, 0.1) is 17.8 Å². The third-order valence-corrected chi connectivity index (χ3v) is 6.09. The molecule has 2 aliphatic rings. The average Bonchev–Trinajstić information content (AvgIpc) is 3.03. The second-order valence-electron chi connectivity index (χ2n) is 6.86. The second kappa shape index (κ2) is 7.67. The number of carbonyl (C=O) groups is 1. The molecule has 2 aromatic rings. The Hall–Kier alpha value is -2.42. The lowest BCUT2D eigenvalue weighted by atomic mass is 10.1. The third kappa shape index (κ3) is 3.55. The number of fused-ring (bicyclic) bond motifs is 2. The first kappa shape index (κ1) is 18.0. The van der Waals surface area contributed by atoms with Crippen molar-refractivity contribution in [2.75, 3.05) is 30.0 Å². The highest BCUT2D eigenvalue weighted by atomic mass is 32.2. The molecule has 2 heterocycles. The minimum atomic E-state index is -0.00174. The van der Waals surface area contributed by atoms with Crippen molar-refractivity contribution in [3.8, 4) is 11.8 Å². The largest absolute Gasteiger partial charge is 0.380 e. The first-order valence-corrected chi connectivity index (χ1v) is 9.95. The highest BCUT2D eigenvalue weighted by Crippen LogP contribution is 2.42. The summed E-state index contributed by atoms with van der Waals surface area (Å²) in [7, 11) is 0. The molecule has 0 saturated carbocycles. The first-order valence-electron chi connectivity index (χ1n) is 9.14. The van der Waals surface area contributed by atoms with E-state index in [0.717, 1.165) is 39.9 Å². The van der Waals surface area contributed by atoms with Gasteiger partial charge in [0.2, 0.25) is 0 Å². The molecular weight excluding hydrogens is 356 g/mol. The van der Waals surface area contributed by atoms with Crippen molar-refractivity contribution in [3.63, 3.8) is 0 Å². The van der Waals surface area contributed by atoms with Crippen LogP contribution in [-0.4, -0.2) is 31.7 Å². The van der Waals surface area contributed by atoms with Crippen LogP contribution in [-0.2, 0) is 4.74 Å². The summed E-state index contributed by atoms with van der Waals surface area (Å²) < 4.78 is 5.56. The molecule has 1 amide bonds. The molecular formula is C22H22N2O2S. The highest BCUT2D eigenvalue weighted by molar-refractivity contribution is 7.99. The van der Waals surface area contributed by atoms with E-state index in [1.807, 2.05) is 36.4 Å². The topological polar surface area (TPSA) is 41.6 Å². The van der Waals surface area contributed by atoms with Crippen molar-refractivity contribution in [3.05, 3.63) is 48.0 Å². The lowest BCUT2D eigenvalue weighted by Gasteiger charge is -2.22. The number of nitrogens with zero attached hydrogens (tertiary/aromatic N) is 1. The van der Waals surface area contributed by atoms with E-state index in [0.29, 0.717) is 18.5 Å². The molecule has 2 aliphatic heterocycles. The number of anilines is 2. The zero-order valence-electron chi connectivity index (χ0n) is 15.5. The SMILES string of the molecule is CC#CCN1C(=O)c2ccccc2Sc2cc(NC3COCC3C)ccc21. The van der Waals surface area contributed by atoms with Gasteiger partial charge in [0.25, 0.3) is 5.91 Å². The van der Waals surface area contributed by atoms with E-state index in [9.17, 15) is 4.79 Å². The number of ether oxygens (including phenoxy) is 1. The van der Waals surface area contributed by atoms with Gasteiger partial charge < -0.3 is 10.1 Å². The Morgan fingerprint density at radius 2 is 2.07 bits per heavy atom.